The van der Waals surface area contributed by atoms with Gasteiger partial charge in [0.05, 0.1) is 13.3 Å². The van der Waals surface area contributed by atoms with Gasteiger partial charge in [0.2, 0.25) is 15.8 Å². The van der Waals surface area contributed by atoms with Gasteiger partial charge in [-0.25, -0.2) is 13.4 Å². The lowest BCUT2D eigenvalue weighted by Gasteiger charge is -2.36. The van der Waals surface area contributed by atoms with Gasteiger partial charge >= 0.3 is 0 Å². The Labute approximate surface area is 192 Å². The highest BCUT2D eigenvalue weighted by atomic mass is 35.5. The number of sulfone groups is 1. The Morgan fingerprint density at radius 2 is 1.72 bits per heavy atom. The molecule has 32 heavy (non-hydrogen) atoms. The highest BCUT2D eigenvalue weighted by Crippen LogP contribution is 2.34. The number of nitrogens with zero attached hydrogens (tertiary/aromatic N) is 4. The van der Waals surface area contributed by atoms with Crippen molar-refractivity contribution in [3.8, 4) is 5.75 Å². The summed E-state index contributed by atoms with van der Waals surface area (Å²) in [6, 6.07) is 12.6. The van der Waals surface area contributed by atoms with Crippen molar-refractivity contribution < 1.29 is 13.2 Å². The molecule has 1 aromatic heterocycles. The van der Waals surface area contributed by atoms with Crippen molar-refractivity contribution in [1.29, 1.82) is 0 Å². The number of rotatable bonds is 5. The SMILES string of the molecule is COc1ccc(Cl)cc1S(=O)(=O)c1cnc(N2CCN(c3ccccc3C)CC2)nc1N. The lowest BCUT2D eigenvalue weighted by molar-refractivity contribution is 0.402. The van der Waals surface area contributed by atoms with Crippen molar-refractivity contribution in [3.63, 3.8) is 0 Å². The van der Waals surface area contributed by atoms with Crippen LogP contribution in [0.25, 0.3) is 0 Å². The predicted molar refractivity (Wildman–Crippen MR) is 126 cm³/mol. The Morgan fingerprint density at radius 1 is 1.03 bits per heavy atom. The molecule has 0 atom stereocenters. The zero-order valence-electron chi connectivity index (χ0n) is 17.8. The number of nitrogen functional groups attached to an aromatic ring is 1. The topological polar surface area (TPSA) is 102 Å². The van der Waals surface area contributed by atoms with Crippen molar-refractivity contribution in [1.82, 2.24) is 9.97 Å². The molecular formula is C22H24ClN5O3S. The Balaban J connectivity index is 1.56. The smallest absolute Gasteiger partial charge is 0.227 e. The van der Waals surface area contributed by atoms with Crippen LogP contribution in [0.4, 0.5) is 17.5 Å². The largest absolute Gasteiger partial charge is 0.495 e. The van der Waals surface area contributed by atoms with Crippen LogP contribution in [0.3, 0.4) is 0 Å². The Morgan fingerprint density at radius 3 is 2.38 bits per heavy atom. The summed E-state index contributed by atoms with van der Waals surface area (Å²) in [6.07, 6.45) is 1.25. The molecule has 0 unspecified atom stereocenters. The molecule has 8 nitrogen and oxygen atoms in total. The van der Waals surface area contributed by atoms with Crippen molar-refractivity contribution in [2.45, 2.75) is 16.7 Å². The summed E-state index contributed by atoms with van der Waals surface area (Å²) in [6.45, 7) is 5.09. The Hall–Kier alpha value is -3.04. The van der Waals surface area contributed by atoms with Crippen molar-refractivity contribution >= 4 is 38.9 Å². The van der Waals surface area contributed by atoms with Crippen LogP contribution in [-0.4, -0.2) is 51.7 Å². The summed E-state index contributed by atoms with van der Waals surface area (Å²) in [5.41, 5.74) is 8.52. The summed E-state index contributed by atoms with van der Waals surface area (Å²) in [5.74, 6) is 0.465. The van der Waals surface area contributed by atoms with E-state index in [0.29, 0.717) is 19.0 Å². The molecule has 0 aliphatic carbocycles. The van der Waals surface area contributed by atoms with Crippen LogP contribution in [0, 0.1) is 6.92 Å². The number of para-hydroxylation sites is 1. The molecule has 3 aromatic rings. The first-order valence-electron chi connectivity index (χ1n) is 10.1. The number of halogens is 1. The second-order valence-electron chi connectivity index (χ2n) is 7.48. The van der Waals surface area contributed by atoms with Gasteiger partial charge in [0.15, 0.2) is 0 Å². The van der Waals surface area contributed by atoms with Gasteiger partial charge in [-0.3, -0.25) is 0 Å². The number of piperazine rings is 1. The Bertz CT molecular complexity index is 1240. The summed E-state index contributed by atoms with van der Waals surface area (Å²) < 4.78 is 31.6. The molecule has 168 valence electrons. The van der Waals surface area contributed by atoms with Gasteiger partial charge in [-0.05, 0) is 36.8 Å². The first-order valence-corrected chi connectivity index (χ1v) is 11.9. The van der Waals surface area contributed by atoms with E-state index in [2.05, 4.69) is 33.9 Å². The normalized spacial score (nSPS) is 14.5. The van der Waals surface area contributed by atoms with E-state index in [9.17, 15) is 8.42 Å². The number of aromatic nitrogens is 2. The lowest BCUT2D eigenvalue weighted by atomic mass is 10.1. The number of nitrogens with two attached hydrogens (primary N) is 1. The molecular weight excluding hydrogens is 450 g/mol. The number of ether oxygens (including phenoxy) is 1. The number of benzene rings is 2. The van der Waals surface area contributed by atoms with Crippen LogP contribution in [0.5, 0.6) is 5.75 Å². The minimum atomic E-state index is -4.02. The average Bonchev–Trinajstić information content (AvgIpc) is 2.79. The van der Waals surface area contributed by atoms with Crippen molar-refractivity contribution in [2.75, 3.05) is 48.8 Å². The van der Waals surface area contributed by atoms with Crippen LogP contribution in [0.15, 0.2) is 58.5 Å². The highest BCUT2D eigenvalue weighted by molar-refractivity contribution is 7.91. The average molecular weight is 474 g/mol. The first-order chi connectivity index (χ1) is 15.3. The number of hydrogen-bond donors (Lipinski definition) is 1. The van der Waals surface area contributed by atoms with Gasteiger partial charge in [-0.15, -0.1) is 0 Å². The third-order valence-electron chi connectivity index (χ3n) is 5.49. The number of methoxy groups -OCH3 is 1. The van der Waals surface area contributed by atoms with Crippen LogP contribution in [-0.2, 0) is 9.84 Å². The van der Waals surface area contributed by atoms with Crippen molar-refractivity contribution in [3.05, 3.63) is 59.2 Å². The van der Waals surface area contributed by atoms with Crippen LogP contribution in [0.2, 0.25) is 5.02 Å². The molecule has 0 amide bonds. The van der Waals surface area contributed by atoms with E-state index < -0.39 is 9.84 Å². The minimum absolute atomic E-state index is 0.0811. The summed E-state index contributed by atoms with van der Waals surface area (Å²) in [7, 11) is -2.63. The van der Waals surface area contributed by atoms with Gasteiger partial charge in [0.25, 0.3) is 0 Å². The fourth-order valence-electron chi connectivity index (χ4n) is 3.78. The van der Waals surface area contributed by atoms with Crippen LogP contribution >= 0.6 is 11.6 Å². The second kappa shape index (κ2) is 8.84. The summed E-state index contributed by atoms with van der Waals surface area (Å²) in [5, 5.41) is 0.270. The fraction of sp³-hybridized carbons (Fsp3) is 0.273. The predicted octanol–water partition coefficient (Wildman–Crippen LogP) is 3.19. The molecule has 0 bridgehead atoms. The quantitative estimate of drug-likeness (QED) is 0.602. The summed E-state index contributed by atoms with van der Waals surface area (Å²) in [4.78, 5) is 12.7. The van der Waals surface area contributed by atoms with E-state index in [1.165, 1.54) is 36.7 Å². The van der Waals surface area contributed by atoms with Gasteiger partial charge in [-0.1, -0.05) is 29.8 Å². The molecule has 10 heteroatoms. The Kier molecular flexibility index (Phi) is 6.12. The highest BCUT2D eigenvalue weighted by Gasteiger charge is 2.28. The van der Waals surface area contributed by atoms with E-state index in [1.807, 2.05) is 17.0 Å². The summed E-state index contributed by atoms with van der Waals surface area (Å²) >= 11 is 6.01. The van der Waals surface area contributed by atoms with Gasteiger partial charge < -0.3 is 20.3 Å². The van der Waals surface area contributed by atoms with E-state index in [-0.39, 0.29) is 26.4 Å². The molecule has 2 aromatic carbocycles. The maximum absolute atomic E-state index is 13.2. The van der Waals surface area contributed by atoms with Gasteiger partial charge in [-0.2, -0.15) is 4.98 Å². The van der Waals surface area contributed by atoms with Crippen LogP contribution in [0.1, 0.15) is 5.56 Å². The zero-order valence-corrected chi connectivity index (χ0v) is 19.4. The minimum Gasteiger partial charge on any atom is -0.495 e. The number of hydrogen-bond acceptors (Lipinski definition) is 8. The molecule has 1 aliphatic heterocycles. The molecule has 0 radical (unpaired) electrons. The van der Waals surface area contributed by atoms with Crippen LogP contribution < -0.4 is 20.3 Å². The van der Waals surface area contributed by atoms with E-state index >= 15 is 0 Å². The second-order valence-corrected chi connectivity index (χ2v) is 9.80. The number of aryl methyl sites for hydroxylation is 1. The molecule has 2 N–H and O–H groups in total. The maximum Gasteiger partial charge on any atom is 0.227 e. The van der Waals surface area contributed by atoms with E-state index in [4.69, 9.17) is 22.1 Å². The molecule has 0 saturated carbocycles. The molecule has 2 heterocycles. The van der Waals surface area contributed by atoms with E-state index in [1.54, 1.807) is 6.07 Å². The molecule has 0 spiro atoms. The van der Waals surface area contributed by atoms with Gasteiger partial charge in [0.1, 0.15) is 21.4 Å². The monoisotopic (exact) mass is 473 g/mol. The van der Waals surface area contributed by atoms with Gasteiger partial charge in [0, 0.05) is 36.9 Å². The molecule has 1 saturated heterocycles. The van der Waals surface area contributed by atoms with Crippen molar-refractivity contribution in [2.24, 2.45) is 0 Å². The maximum atomic E-state index is 13.2. The molecule has 4 rings (SSSR count). The number of anilines is 3. The first kappa shape index (κ1) is 22.2. The lowest BCUT2D eigenvalue weighted by Crippen LogP contribution is -2.47. The standard InChI is InChI=1S/C22H24ClN5O3S/c1-15-5-3-4-6-17(15)27-9-11-28(12-10-27)22-25-14-20(21(24)26-22)32(29,30)19-13-16(23)7-8-18(19)31-2/h3-8,13-14H,9-12H2,1-2H3,(H2,24,25,26). The molecule has 1 fully saturated rings. The zero-order chi connectivity index (χ0) is 22.9. The molecule has 1 aliphatic rings. The third-order valence-corrected chi connectivity index (χ3v) is 7.52. The van der Waals surface area contributed by atoms with E-state index in [0.717, 1.165) is 13.1 Å². The fourth-order valence-corrected chi connectivity index (χ4v) is 5.46. The third kappa shape index (κ3) is 4.18.